The summed E-state index contributed by atoms with van der Waals surface area (Å²) in [7, 11) is 0. The number of halogens is 2. The Bertz CT molecular complexity index is 564. The zero-order valence-corrected chi connectivity index (χ0v) is 17.6. The number of hydrogen-bond acceptors (Lipinski definition) is 3. The Labute approximate surface area is 171 Å². The van der Waals surface area contributed by atoms with Crippen molar-refractivity contribution in [1.82, 2.24) is 16.0 Å². The van der Waals surface area contributed by atoms with E-state index >= 15 is 0 Å². The van der Waals surface area contributed by atoms with Gasteiger partial charge in [-0.25, -0.2) is 4.99 Å². The number of nitrogens with one attached hydrogen (secondary N) is 3. The molecule has 2 rings (SSSR count). The predicted octanol–water partition coefficient (Wildman–Crippen LogP) is 2.56. The maximum absolute atomic E-state index is 11.7. The average molecular weight is 481 g/mol. The van der Waals surface area contributed by atoms with Gasteiger partial charge in [0.2, 0.25) is 5.91 Å². The molecule has 140 valence electrons. The van der Waals surface area contributed by atoms with Gasteiger partial charge in [0, 0.05) is 17.6 Å². The molecule has 1 aliphatic carbocycles. The van der Waals surface area contributed by atoms with Gasteiger partial charge in [0.1, 0.15) is 18.4 Å². The smallest absolute Gasteiger partial charge is 0.242 e. The summed E-state index contributed by atoms with van der Waals surface area (Å²) in [6.07, 6.45) is 2.09. The van der Waals surface area contributed by atoms with E-state index in [4.69, 9.17) is 16.3 Å². The first-order chi connectivity index (χ1) is 11.6. The van der Waals surface area contributed by atoms with E-state index in [9.17, 15) is 4.79 Å². The highest BCUT2D eigenvalue weighted by molar-refractivity contribution is 14.0. The van der Waals surface area contributed by atoms with Crippen molar-refractivity contribution in [2.45, 2.75) is 38.8 Å². The van der Waals surface area contributed by atoms with E-state index in [0.717, 1.165) is 25.1 Å². The number of ether oxygens (including phenoxy) is 1. The molecule has 0 aliphatic heterocycles. The number of benzene rings is 1. The summed E-state index contributed by atoms with van der Waals surface area (Å²) < 4.78 is 5.80. The molecule has 1 aliphatic rings. The molecule has 25 heavy (non-hydrogen) atoms. The van der Waals surface area contributed by atoms with Crippen LogP contribution in [0.5, 0.6) is 5.75 Å². The third kappa shape index (κ3) is 9.15. The summed E-state index contributed by atoms with van der Waals surface area (Å²) in [5.41, 5.74) is 0. The fourth-order valence-corrected chi connectivity index (χ4v) is 2.15. The molecule has 0 saturated heterocycles. The van der Waals surface area contributed by atoms with Gasteiger partial charge in [-0.05, 0) is 51.0 Å². The van der Waals surface area contributed by atoms with Crippen LogP contribution in [0.4, 0.5) is 0 Å². The Balaban J connectivity index is 0.00000312. The van der Waals surface area contributed by atoms with E-state index in [2.05, 4.69) is 20.9 Å². The quantitative estimate of drug-likeness (QED) is 0.304. The van der Waals surface area contributed by atoms with Crippen LogP contribution in [0.15, 0.2) is 29.3 Å². The Morgan fingerprint density at radius 2 is 2.00 bits per heavy atom. The number of rotatable bonds is 8. The number of amides is 1. The summed E-state index contributed by atoms with van der Waals surface area (Å²) in [5.74, 6) is 1.33. The maximum atomic E-state index is 11.7. The molecule has 1 aromatic rings. The Morgan fingerprint density at radius 3 is 2.60 bits per heavy atom. The standard InChI is InChI=1S/C17H25ClN4O2.HI/c1-3-19-17(21-11-16(23)22-14-6-7-14)20-10-12(2)24-15-8-4-13(18)5-9-15;/h4-5,8-9,12,14H,3,6-7,10-11H2,1-2H3,(H,22,23)(H2,19,20,21);1H. The van der Waals surface area contributed by atoms with E-state index in [-0.39, 0.29) is 42.5 Å². The number of hydrogen-bond donors (Lipinski definition) is 3. The molecule has 3 N–H and O–H groups in total. The monoisotopic (exact) mass is 480 g/mol. The first-order valence-electron chi connectivity index (χ1n) is 8.30. The predicted molar refractivity (Wildman–Crippen MR) is 112 cm³/mol. The van der Waals surface area contributed by atoms with E-state index in [0.29, 0.717) is 23.6 Å². The third-order valence-electron chi connectivity index (χ3n) is 3.38. The van der Waals surface area contributed by atoms with Gasteiger partial charge < -0.3 is 20.7 Å². The van der Waals surface area contributed by atoms with Crippen LogP contribution in [0, 0.1) is 0 Å². The lowest BCUT2D eigenvalue weighted by Crippen LogP contribution is -2.42. The molecule has 1 amide bonds. The highest BCUT2D eigenvalue weighted by Gasteiger charge is 2.22. The van der Waals surface area contributed by atoms with Crippen LogP contribution in [-0.4, -0.2) is 43.6 Å². The fraction of sp³-hybridized carbons (Fsp3) is 0.529. The topological polar surface area (TPSA) is 74.8 Å². The largest absolute Gasteiger partial charge is 0.489 e. The number of carbonyl (C=O) groups excluding carboxylic acids is 1. The lowest BCUT2D eigenvalue weighted by molar-refractivity contribution is -0.119. The Hall–Kier alpha value is -1.22. The fourth-order valence-electron chi connectivity index (χ4n) is 2.02. The van der Waals surface area contributed by atoms with Crippen LogP contribution in [0.2, 0.25) is 5.02 Å². The van der Waals surface area contributed by atoms with E-state index < -0.39 is 0 Å². The third-order valence-corrected chi connectivity index (χ3v) is 3.63. The van der Waals surface area contributed by atoms with Crippen molar-refractivity contribution in [3.05, 3.63) is 29.3 Å². The second-order valence-corrected chi connectivity index (χ2v) is 6.24. The van der Waals surface area contributed by atoms with E-state index in [1.165, 1.54) is 0 Å². The Kier molecular flexibility index (Phi) is 9.96. The molecule has 0 spiro atoms. The molecule has 1 fully saturated rings. The minimum Gasteiger partial charge on any atom is -0.489 e. The molecule has 8 heteroatoms. The number of nitrogens with zero attached hydrogens (tertiary/aromatic N) is 1. The van der Waals surface area contributed by atoms with Crippen molar-refractivity contribution in [1.29, 1.82) is 0 Å². The van der Waals surface area contributed by atoms with E-state index in [1.54, 1.807) is 12.1 Å². The van der Waals surface area contributed by atoms with Gasteiger partial charge in [-0.3, -0.25) is 4.79 Å². The molecular weight excluding hydrogens is 455 g/mol. The van der Waals surface area contributed by atoms with Gasteiger partial charge in [0.25, 0.3) is 0 Å². The van der Waals surface area contributed by atoms with Gasteiger partial charge in [-0.15, -0.1) is 24.0 Å². The molecule has 1 saturated carbocycles. The minimum atomic E-state index is -0.0599. The van der Waals surface area contributed by atoms with Crippen molar-refractivity contribution in [2.24, 2.45) is 4.99 Å². The second-order valence-electron chi connectivity index (χ2n) is 5.80. The lowest BCUT2D eigenvalue weighted by Gasteiger charge is -2.17. The van der Waals surface area contributed by atoms with Gasteiger partial charge >= 0.3 is 0 Å². The summed E-state index contributed by atoms with van der Waals surface area (Å²) >= 11 is 5.86. The van der Waals surface area contributed by atoms with Crippen LogP contribution < -0.4 is 20.7 Å². The minimum absolute atomic E-state index is 0. The summed E-state index contributed by atoms with van der Waals surface area (Å²) in [5, 5.41) is 9.90. The molecule has 0 radical (unpaired) electrons. The number of carbonyl (C=O) groups is 1. The van der Waals surface area contributed by atoms with Gasteiger partial charge in [-0.1, -0.05) is 11.6 Å². The van der Waals surface area contributed by atoms with E-state index in [1.807, 2.05) is 26.0 Å². The molecule has 1 atom stereocenters. The summed E-state index contributed by atoms with van der Waals surface area (Å²) in [4.78, 5) is 16.0. The molecule has 1 aromatic carbocycles. The number of guanidine groups is 1. The molecular formula is C17H26ClIN4O2. The van der Waals surface area contributed by atoms with Crippen LogP contribution in [0.1, 0.15) is 26.7 Å². The SMILES string of the molecule is CCNC(=NCC(=O)NC1CC1)NCC(C)Oc1ccc(Cl)cc1.I. The van der Waals surface area contributed by atoms with Gasteiger partial charge in [0.15, 0.2) is 5.96 Å². The zero-order valence-electron chi connectivity index (χ0n) is 14.5. The van der Waals surface area contributed by atoms with Crippen LogP contribution in [0.3, 0.4) is 0 Å². The normalized spacial score (nSPS) is 14.9. The Morgan fingerprint density at radius 1 is 1.32 bits per heavy atom. The molecule has 6 nitrogen and oxygen atoms in total. The zero-order chi connectivity index (χ0) is 17.4. The molecule has 0 bridgehead atoms. The second kappa shape index (κ2) is 11.4. The van der Waals surface area contributed by atoms with Crippen molar-refractivity contribution in [2.75, 3.05) is 19.6 Å². The van der Waals surface area contributed by atoms with Crippen LogP contribution >= 0.6 is 35.6 Å². The van der Waals surface area contributed by atoms with Gasteiger partial charge in [0.05, 0.1) is 6.54 Å². The average Bonchev–Trinajstić information content (AvgIpc) is 3.36. The van der Waals surface area contributed by atoms with Crippen molar-refractivity contribution >= 4 is 47.4 Å². The summed E-state index contributed by atoms with van der Waals surface area (Å²) in [6.45, 7) is 5.36. The highest BCUT2D eigenvalue weighted by atomic mass is 127. The van der Waals surface area contributed by atoms with Gasteiger partial charge in [-0.2, -0.15) is 0 Å². The molecule has 0 heterocycles. The van der Waals surface area contributed by atoms with Crippen molar-refractivity contribution in [3.8, 4) is 5.75 Å². The molecule has 1 unspecified atom stereocenters. The van der Waals surface area contributed by atoms with Crippen LogP contribution in [0.25, 0.3) is 0 Å². The maximum Gasteiger partial charge on any atom is 0.242 e. The first-order valence-corrected chi connectivity index (χ1v) is 8.68. The van der Waals surface area contributed by atoms with Crippen LogP contribution in [-0.2, 0) is 4.79 Å². The highest BCUT2D eigenvalue weighted by Crippen LogP contribution is 2.18. The summed E-state index contributed by atoms with van der Waals surface area (Å²) in [6, 6.07) is 7.61. The number of aliphatic imine (C=N–C) groups is 1. The van der Waals surface area contributed by atoms with Crippen molar-refractivity contribution < 1.29 is 9.53 Å². The lowest BCUT2D eigenvalue weighted by atomic mass is 10.3. The van der Waals surface area contributed by atoms with Crippen molar-refractivity contribution in [3.63, 3.8) is 0 Å². The molecule has 0 aromatic heterocycles. The first kappa shape index (κ1) is 21.8.